The molecule has 2 nitrogen and oxygen atoms in total. The third-order valence-electron chi connectivity index (χ3n) is 2.05. The number of pyridine rings is 1. The lowest BCUT2D eigenvalue weighted by Crippen LogP contribution is -2.00. The highest BCUT2D eigenvalue weighted by Crippen LogP contribution is 2.29. The van der Waals surface area contributed by atoms with E-state index in [9.17, 15) is 0 Å². The van der Waals surface area contributed by atoms with E-state index in [2.05, 4.69) is 34.5 Å². The summed E-state index contributed by atoms with van der Waals surface area (Å²) in [6, 6.07) is 4.08. The fraction of sp³-hybridized carbons (Fsp3) is 0.500. The predicted octanol–water partition coefficient (Wildman–Crippen LogP) is 2.79. The standard InChI is InChI=1S/C10H12INO/c1-2-7-3-6-9(10(11)12-7)13-8-4-5-8/h3,6,8H,2,4-5H2,1H3. The lowest BCUT2D eigenvalue weighted by Gasteiger charge is -2.06. The van der Waals surface area contributed by atoms with Crippen LogP contribution in [0.5, 0.6) is 5.75 Å². The summed E-state index contributed by atoms with van der Waals surface area (Å²) in [5, 5.41) is 0. The maximum atomic E-state index is 5.69. The normalized spacial score (nSPS) is 15.8. The molecule has 0 aliphatic heterocycles. The quantitative estimate of drug-likeness (QED) is 0.630. The molecular weight excluding hydrogens is 277 g/mol. The van der Waals surface area contributed by atoms with Crippen LogP contribution in [0.2, 0.25) is 0 Å². The Balaban J connectivity index is 2.15. The second-order valence-corrected chi connectivity index (χ2v) is 4.28. The second kappa shape index (κ2) is 3.82. The lowest BCUT2D eigenvalue weighted by molar-refractivity contribution is 0.299. The molecule has 13 heavy (non-hydrogen) atoms. The van der Waals surface area contributed by atoms with Crippen molar-refractivity contribution in [1.29, 1.82) is 0 Å². The molecule has 1 aromatic heterocycles. The molecule has 1 aliphatic rings. The zero-order chi connectivity index (χ0) is 9.26. The molecule has 1 aliphatic carbocycles. The van der Waals surface area contributed by atoms with Crippen molar-refractivity contribution in [3.8, 4) is 5.75 Å². The van der Waals surface area contributed by atoms with Crippen molar-refractivity contribution >= 4 is 22.6 Å². The largest absolute Gasteiger partial charge is 0.488 e. The minimum atomic E-state index is 0.461. The molecule has 0 unspecified atom stereocenters. The van der Waals surface area contributed by atoms with Gasteiger partial charge in [0.05, 0.1) is 6.10 Å². The maximum absolute atomic E-state index is 5.69. The highest BCUT2D eigenvalue weighted by molar-refractivity contribution is 14.1. The molecule has 2 rings (SSSR count). The van der Waals surface area contributed by atoms with Gasteiger partial charge in [-0.2, -0.15) is 0 Å². The third-order valence-corrected chi connectivity index (χ3v) is 2.83. The lowest BCUT2D eigenvalue weighted by atomic mass is 10.3. The molecule has 1 fully saturated rings. The fourth-order valence-corrected chi connectivity index (χ4v) is 1.73. The summed E-state index contributed by atoms with van der Waals surface area (Å²) >= 11 is 2.23. The van der Waals surface area contributed by atoms with E-state index in [1.807, 2.05) is 12.1 Å². The van der Waals surface area contributed by atoms with E-state index in [1.165, 1.54) is 12.8 Å². The number of nitrogens with zero attached hydrogens (tertiary/aromatic N) is 1. The van der Waals surface area contributed by atoms with E-state index in [0.717, 1.165) is 21.6 Å². The number of ether oxygens (including phenoxy) is 1. The summed E-state index contributed by atoms with van der Waals surface area (Å²) in [6.07, 6.45) is 3.85. The number of aromatic nitrogens is 1. The molecule has 0 saturated heterocycles. The summed E-state index contributed by atoms with van der Waals surface area (Å²) < 4.78 is 6.68. The Morgan fingerprint density at radius 1 is 1.54 bits per heavy atom. The molecule has 1 heterocycles. The van der Waals surface area contributed by atoms with Gasteiger partial charge in [-0.05, 0) is 54.0 Å². The Kier molecular flexibility index (Phi) is 2.71. The monoisotopic (exact) mass is 289 g/mol. The number of aryl methyl sites for hydroxylation is 1. The van der Waals surface area contributed by atoms with Gasteiger partial charge in [0.15, 0.2) is 5.75 Å². The van der Waals surface area contributed by atoms with Crippen LogP contribution in [-0.2, 0) is 6.42 Å². The van der Waals surface area contributed by atoms with Crippen LogP contribution in [0.1, 0.15) is 25.5 Å². The van der Waals surface area contributed by atoms with Gasteiger partial charge in [0.25, 0.3) is 0 Å². The van der Waals surface area contributed by atoms with Crippen molar-refractivity contribution in [3.05, 3.63) is 21.5 Å². The highest BCUT2D eigenvalue weighted by Gasteiger charge is 2.24. The Morgan fingerprint density at radius 2 is 2.31 bits per heavy atom. The molecule has 0 bridgehead atoms. The molecular formula is C10H12INO. The Bertz CT molecular complexity index is 310. The van der Waals surface area contributed by atoms with Gasteiger partial charge in [0.2, 0.25) is 0 Å². The van der Waals surface area contributed by atoms with Gasteiger partial charge >= 0.3 is 0 Å². The van der Waals surface area contributed by atoms with Crippen molar-refractivity contribution in [3.63, 3.8) is 0 Å². The number of rotatable bonds is 3. The average molecular weight is 289 g/mol. The Labute approximate surface area is 91.8 Å². The molecule has 0 N–H and O–H groups in total. The van der Waals surface area contributed by atoms with Crippen LogP contribution in [0.15, 0.2) is 12.1 Å². The van der Waals surface area contributed by atoms with Crippen molar-refractivity contribution in [2.45, 2.75) is 32.3 Å². The van der Waals surface area contributed by atoms with Crippen molar-refractivity contribution < 1.29 is 4.74 Å². The van der Waals surface area contributed by atoms with Gasteiger partial charge in [0.1, 0.15) is 3.70 Å². The first kappa shape index (κ1) is 9.24. The average Bonchev–Trinajstić information content (AvgIpc) is 2.92. The van der Waals surface area contributed by atoms with Gasteiger partial charge < -0.3 is 4.74 Å². The predicted molar refractivity (Wildman–Crippen MR) is 60.0 cm³/mol. The van der Waals surface area contributed by atoms with Gasteiger partial charge in [-0.3, -0.25) is 0 Å². The number of hydrogen-bond donors (Lipinski definition) is 0. The summed E-state index contributed by atoms with van der Waals surface area (Å²) in [6.45, 7) is 2.11. The van der Waals surface area contributed by atoms with Crippen molar-refractivity contribution in [2.75, 3.05) is 0 Å². The zero-order valence-electron chi connectivity index (χ0n) is 7.59. The van der Waals surface area contributed by atoms with E-state index < -0.39 is 0 Å². The van der Waals surface area contributed by atoms with Crippen LogP contribution in [0.3, 0.4) is 0 Å². The van der Waals surface area contributed by atoms with Crippen molar-refractivity contribution in [1.82, 2.24) is 4.98 Å². The SMILES string of the molecule is CCc1ccc(OC2CC2)c(I)n1. The summed E-state index contributed by atoms with van der Waals surface area (Å²) in [4.78, 5) is 4.43. The van der Waals surface area contributed by atoms with Crippen LogP contribution in [0, 0.1) is 3.70 Å². The van der Waals surface area contributed by atoms with E-state index in [1.54, 1.807) is 0 Å². The molecule has 0 radical (unpaired) electrons. The first-order valence-electron chi connectivity index (χ1n) is 4.61. The van der Waals surface area contributed by atoms with Crippen LogP contribution in [0.25, 0.3) is 0 Å². The van der Waals surface area contributed by atoms with Gasteiger partial charge in [0, 0.05) is 5.69 Å². The first-order valence-corrected chi connectivity index (χ1v) is 5.69. The number of halogens is 1. The topological polar surface area (TPSA) is 22.1 Å². The van der Waals surface area contributed by atoms with Crippen LogP contribution in [0.4, 0.5) is 0 Å². The van der Waals surface area contributed by atoms with Crippen LogP contribution < -0.4 is 4.74 Å². The maximum Gasteiger partial charge on any atom is 0.151 e. The summed E-state index contributed by atoms with van der Waals surface area (Å²) in [5.74, 6) is 0.945. The summed E-state index contributed by atoms with van der Waals surface area (Å²) in [5.41, 5.74) is 1.13. The first-order chi connectivity index (χ1) is 6.29. The fourth-order valence-electron chi connectivity index (χ4n) is 1.11. The van der Waals surface area contributed by atoms with Crippen LogP contribution >= 0.6 is 22.6 Å². The van der Waals surface area contributed by atoms with Crippen LogP contribution in [-0.4, -0.2) is 11.1 Å². The van der Waals surface area contributed by atoms with E-state index >= 15 is 0 Å². The zero-order valence-corrected chi connectivity index (χ0v) is 9.74. The number of hydrogen-bond acceptors (Lipinski definition) is 2. The molecule has 0 spiro atoms. The molecule has 0 atom stereocenters. The smallest absolute Gasteiger partial charge is 0.151 e. The molecule has 3 heteroatoms. The molecule has 0 aromatic carbocycles. The van der Waals surface area contributed by atoms with Gasteiger partial charge in [-0.15, -0.1) is 0 Å². The minimum absolute atomic E-state index is 0.461. The molecule has 1 saturated carbocycles. The minimum Gasteiger partial charge on any atom is -0.488 e. The van der Waals surface area contributed by atoms with Gasteiger partial charge in [-0.25, -0.2) is 4.98 Å². The third kappa shape index (κ3) is 2.33. The Morgan fingerprint density at radius 3 is 2.85 bits per heavy atom. The highest BCUT2D eigenvalue weighted by atomic mass is 127. The molecule has 0 amide bonds. The van der Waals surface area contributed by atoms with Crippen molar-refractivity contribution in [2.24, 2.45) is 0 Å². The second-order valence-electron chi connectivity index (χ2n) is 3.26. The van der Waals surface area contributed by atoms with E-state index in [-0.39, 0.29) is 0 Å². The van der Waals surface area contributed by atoms with Gasteiger partial charge in [-0.1, -0.05) is 6.92 Å². The summed E-state index contributed by atoms with van der Waals surface area (Å²) in [7, 11) is 0. The molecule has 70 valence electrons. The van der Waals surface area contributed by atoms with E-state index in [4.69, 9.17) is 4.74 Å². The van der Waals surface area contributed by atoms with E-state index in [0.29, 0.717) is 6.10 Å². The Hall–Kier alpha value is -0.320. The molecule has 1 aromatic rings.